The number of carbonyl (C=O) groups excluding carboxylic acids is 1. The molecule has 0 unspecified atom stereocenters. The Bertz CT molecular complexity index is 488. The second kappa shape index (κ2) is 4.26. The summed E-state index contributed by atoms with van der Waals surface area (Å²) in [6.07, 6.45) is 0. The molecule has 0 saturated heterocycles. The van der Waals surface area contributed by atoms with Gasteiger partial charge in [0.1, 0.15) is 5.69 Å². The minimum absolute atomic E-state index is 0.000770. The number of nitrogens with two attached hydrogens (primary N) is 1. The van der Waals surface area contributed by atoms with Gasteiger partial charge in [0.15, 0.2) is 11.5 Å². The topological polar surface area (TPSA) is 117 Å². The van der Waals surface area contributed by atoms with Crippen LogP contribution in [0.2, 0.25) is 0 Å². The molecule has 1 aromatic carbocycles. The molecule has 17 heavy (non-hydrogen) atoms. The maximum Gasteiger partial charge on any atom is 0.296 e. The molecule has 8 nitrogen and oxygen atoms in total. The summed E-state index contributed by atoms with van der Waals surface area (Å²) >= 11 is 0. The molecule has 0 fully saturated rings. The van der Waals surface area contributed by atoms with Crippen LogP contribution in [0.25, 0.3) is 0 Å². The van der Waals surface area contributed by atoms with E-state index in [2.05, 4.69) is 5.32 Å². The number of hydrogen-bond acceptors (Lipinski definition) is 6. The van der Waals surface area contributed by atoms with Crippen LogP contribution in [-0.2, 0) is 4.79 Å². The summed E-state index contributed by atoms with van der Waals surface area (Å²) in [6.45, 7) is -0.258. The van der Waals surface area contributed by atoms with Crippen molar-refractivity contribution in [2.24, 2.45) is 5.73 Å². The molecule has 0 saturated carbocycles. The first-order chi connectivity index (χ1) is 8.11. The van der Waals surface area contributed by atoms with E-state index in [4.69, 9.17) is 15.2 Å². The van der Waals surface area contributed by atoms with Crippen LogP contribution < -0.4 is 20.5 Å². The van der Waals surface area contributed by atoms with Crippen LogP contribution in [-0.4, -0.2) is 24.2 Å². The molecule has 3 N–H and O–H groups in total. The van der Waals surface area contributed by atoms with E-state index >= 15 is 0 Å². The highest BCUT2D eigenvalue weighted by Gasteiger charge is 2.24. The number of amides is 1. The van der Waals surface area contributed by atoms with Gasteiger partial charge < -0.3 is 20.5 Å². The van der Waals surface area contributed by atoms with Crippen LogP contribution in [0.15, 0.2) is 12.1 Å². The predicted octanol–water partition coefficient (Wildman–Crippen LogP) is 0.221. The lowest BCUT2D eigenvalue weighted by Crippen LogP contribution is -2.22. The Hall–Kier alpha value is -2.35. The van der Waals surface area contributed by atoms with Gasteiger partial charge in [-0.1, -0.05) is 0 Å². The van der Waals surface area contributed by atoms with E-state index in [0.717, 1.165) is 0 Å². The van der Waals surface area contributed by atoms with E-state index in [1.807, 2.05) is 0 Å². The Morgan fingerprint density at radius 2 is 2.12 bits per heavy atom. The van der Waals surface area contributed by atoms with Crippen LogP contribution in [0.4, 0.5) is 11.4 Å². The standard InChI is InChI=1S/C9H9N3O5/c10-3-9(13)11-5-1-7-8(17-4-16-7)2-6(5)12(14)15/h1-2H,3-4,10H2,(H,11,13). The van der Waals surface area contributed by atoms with E-state index in [-0.39, 0.29) is 30.5 Å². The average molecular weight is 239 g/mol. The fourth-order valence-corrected chi connectivity index (χ4v) is 1.38. The molecular formula is C9H9N3O5. The molecule has 1 aliphatic heterocycles. The Morgan fingerprint density at radius 3 is 2.71 bits per heavy atom. The summed E-state index contributed by atoms with van der Waals surface area (Å²) in [5.41, 5.74) is 4.89. The number of nitrogens with one attached hydrogen (secondary N) is 1. The van der Waals surface area contributed by atoms with Crippen molar-refractivity contribution < 1.29 is 19.2 Å². The largest absolute Gasteiger partial charge is 0.454 e. The zero-order chi connectivity index (χ0) is 12.4. The number of nitrogens with zero attached hydrogens (tertiary/aromatic N) is 1. The monoisotopic (exact) mass is 239 g/mol. The number of rotatable bonds is 3. The third-order valence-electron chi connectivity index (χ3n) is 2.15. The molecular weight excluding hydrogens is 230 g/mol. The van der Waals surface area contributed by atoms with Gasteiger partial charge in [0.05, 0.1) is 17.5 Å². The van der Waals surface area contributed by atoms with Gasteiger partial charge in [-0.25, -0.2) is 0 Å². The Labute approximate surface area is 95.5 Å². The Balaban J connectivity index is 2.41. The highest BCUT2D eigenvalue weighted by Crippen LogP contribution is 2.40. The van der Waals surface area contributed by atoms with Gasteiger partial charge >= 0.3 is 0 Å². The molecule has 0 spiro atoms. The minimum Gasteiger partial charge on any atom is -0.454 e. The van der Waals surface area contributed by atoms with Crippen molar-refractivity contribution in [3.63, 3.8) is 0 Å². The third-order valence-corrected chi connectivity index (χ3v) is 2.15. The number of ether oxygens (including phenoxy) is 2. The van der Waals surface area contributed by atoms with Gasteiger partial charge in [-0.05, 0) is 0 Å². The number of anilines is 1. The minimum atomic E-state index is -0.617. The van der Waals surface area contributed by atoms with Gasteiger partial charge in [-0.3, -0.25) is 14.9 Å². The first kappa shape index (κ1) is 11.1. The van der Waals surface area contributed by atoms with Crippen LogP contribution in [0.1, 0.15) is 0 Å². The number of carbonyl (C=O) groups is 1. The second-order valence-electron chi connectivity index (χ2n) is 3.23. The molecule has 0 atom stereocenters. The van der Waals surface area contributed by atoms with Crippen molar-refractivity contribution in [2.75, 3.05) is 18.7 Å². The Kier molecular flexibility index (Phi) is 2.79. The van der Waals surface area contributed by atoms with Gasteiger partial charge in [0, 0.05) is 6.07 Å². The normalized spacial score (nSPS) is 12.3. The van der Waals surface area contributed by atoms with Gasteiger partial charge in [-0.15, -0.1) is 0 Å². The summed E-state index contributed by atoms with van der Waals surface area (Å²) in [5, 5.41) is 13.1. The van der Waals surface area contributed by atoms with Crippen molar-refractivity contribution in [1.29, 1.82) is 0 Å². The highest BCUT2D eigenvalue weighted by molar-refractivity contribution is 5.95. The van der Waals surface area contributed by atoms with E-state index in [0.29, 0.717) is 5.75 Å². The quantitative estimate of drug-likeness (QED) is 0.575. The molecule has 0 aliphatic carbocycles. The van der Waals surface area contributed by atoms with Crippen molar-refractivity contribution in [2.45, 2.75) is 0 Å². The molecule has 0 bridgehead atoms. The zero-order valence-corrected chi connectivity index (χ0v) is 8.63. The van der Waals surface area contributed by atoms with Gasteiger partial charge in [-0.2, -0.15) is 0 Å². The number of nitro groups is 1. The lowest BCUT2D eigenvalue weighted by molar-refractivity contribution is -0.384. The van der Waals surface area contributed by atoms with Crippen LogP contribution in [0.5, 0.6) is 11.5 Å². The van der Waals surface area contributed by atoms with Crippen molar-refractivity contribution in [3.8, 4) is 11.5 Å². The number of hydrogen-bond donors (Lipinski definition) is 2. The fraction of sp³-hybridized carbons (Fsp3) is 0.222. The molecule has 1 aromatic rings. The smallest absolute Gasteiger partial charge is 0.296 e. The van der Waals surface area contributed by atoms with Crippen molar-refractivity contribution in [1.82, 2.24) is 0 Å². The number of fused-ring (bicyclic) bond motifs is 1. The van der Waals surface area contributed by atoms with E-state index in [9.17, 15) is 14.9 Å². The molecule has 8 heteroatoms. The molecule has 90 valence electrons. The van der Waals surface area contributed by atoms with E-state index in [1.165, 1.54) is 12.1 Å². The molecule has 0 aromatic heterocycles. The number of benzene rings is 1. The summed E-state index contributed by atoms with van der Waals surface area (Å²) in [7, 11) is 0. The van der Waals surface area contributed by atoms with E-state index < -0.39 is 10.8 Å². The number of nitro benzene ring substituents is 1. The molecule has 1 heterocycles. The lowest BCUT2D eigenvalue weighted by atomic mass is 10.2. The average Bonchev–Trinajstić information content (AvgIpc) is 2.74. The first-order valence-electron chi connectivity index (χ1n) is 4.69. The maximum atomic E-state index is 11.1. The van der Waals surface area contributed by atoms with Crippen LogP contribution in [0, 0.1) is 10.1 Å². The van der Waals surface area contributed by atoms with Crippen molar-refractivity contribution >= 4 is 17.3 Å². The predicted molar refractivity (Wildman–Crippen MR) is 56.9 cm³/mol. The van der Waals surface area contributed by atoms with Crippen LogP contribution >= 0.6 is 0 Å². The molecule has 1 amide bonds. The maximum absolute atomic E-state index is 11.1. The summed E-state index contributed by atoms with van der Waals surface area (Å²) in [6, 6.07) is 2.54. The zero-order valence-electron chi connectivity index (χ0n) is 8.63. The Morgan fingerprint density at radius 1 is 1.47 bits per heavy atom. The van der Waals surface area contributed by atoms with Crippen LogP contribution in [0.3, 0.4) is 0 Å². The summed E-state index contributed by atoms with van der Waals surface area (Å²) < 4.78 is 10.1. The fourth-order valence-electron chi connectivity index (χ4n) is 1.38. The van der Waals surface area contributed by atoms with Crippen molar-refractivity contribution in [3.05, 3.63) is 22.2 Å². The van der Waals surface area contributed by atoms with Gasteiger partial charge in [0.2, 0.25) is 12.7 Å². The third kappa shape index (κ3) is 2.11. The lowest BCUT2D eigenvalue weighted by Gasteiger charge is -2.05. The van der Waals surface area contributed by atoms with Gasteiger partial charge in [0.25, 0.3) is 5.69 Å². The summed E-state index contributed by atoms with van der Waals surface area (Å²) in [4.78, 5) is 21.3. The second-order valence-corrected chi connectivity index (χ2v) is 3.23. The molecule has 2 rings (SSSR count). The van der Waals surface area contributed by atoms with E-state index in [1.54, 1.807) is 0 Å². The summed E-state index contributed by atoms with van der Waals surface area (Å²) in [5.74, 6) is 0.109. The first-order valence-corrected chi connectivity index (χ1v) is 4.69. The highest BCUT2D eigenvalue weighted by atomic mass is 16.7. The molecule has 0 radical (unpaired) electrons. The molecule has 1 aliphatic rings. The SMILES string of the molecule is NCC(=O)Nc1cc2c(cc1[N+](=O)[O-])OCO2.